The second-order valence-corrected chi connectivity index (χ2v) is 3.70. The molecule has 1 aromatic heterocycles. The van der Waals surface area contributed by atoms with Crippen LogP contribution in [0.3, 0.4) is 0 Å². The van der Waals surface area contributed by atoms with Crippen LogP contribution in [0.1, 0.15) is 6.42 Å². The van der Waals surface area contributed by atoms with E-state index in [1.807, 2.05) is 24.3 Å². The molecule has 0 spiro atoms. The molecule has 17 heavy (non-hydrogen) atoms. The van der Waals surface area contributed by atoms with Crippen molar-refractivity contribution in [2.45, 2.75) is 6.42 Å². The second kappa shape index (κ2) is 3.55. The van der Waals surface area contributed by atoms with Crippen molar-refractivity contribution in [3.8, 4) is 0 Å². The number of carbonyl (C=O) groups excluding carboxylic acids is 2. The Balaban J connectivity index is 2.06. The minimum atomic E-state index is -0.428. The molecule has 3 rings (SSSR count). The van der Waals surface area contributed by atoms with Crippen LogP contribution in [-0.2, 0) is 9.59 Å². The van der Waals surface area contributed by atoms with Crippen LogP contribution in [0.15, 0.2) is 39.7 Å². The Morgan fingerprint density at radius 2 is 2.06 bits per heavy atom. The molecular weight excluding hydrogens is 220 g/mol. The molecule has 2 aromatic rings. The number of amides is 2. The summed E-state index contributed by atoms with van der Waals surface area (Å²) in [4.78, 5) is 27.4. The van der Waals surface area contributed by atoms with Crippen molar-refractivity contribution in [1.29, 1.82) is 0 Å². The molecule has 0 unspecified atom stereocenters. The number of aliphatic imine (C=N–C) groups is 1. The molecule has 0 saturated carbocycles. The van der Waals surface area contributed by atoms with Gasteiger partial charge in [0.15, 0.2) is 0 Å². The van der Waals surface area contributed by atoms with E-state index < -0.39 is 5.91 Å². The summed E-state index contributed by atoms with van der Waals surface area (Å²) in [6.07, 6.45) is 0.986. The first kappa shape index (κ1) is 9.77. The smallest absolute Gasteiger partial charge is 0.256 e. The van der Waals surface area contributed by atoms with Crippen molar-refractivity contribution in [2.24, 2.45) is 4.99 Å². The zero-order chi connectivity index (χ0) is 11.8. The van der Waals surface area contributed by atoms with Crippen molar-refractivity contribution in [1.82, 2.24) is 0 Å². The fourth-order valence-corrected chi connectivity index (χ4v) is 1.71. The maximum absolute atomic E-state index is 11.6. The maximum atomic E-state index is 11.6. The third kappa shape index (κ3) is 1.61. The highest BCUT2D eigenvalue weighted by Gasteiger charge is 2.24. The standard InChI is InChI=1S/C12H8N2O3/c15-10-6-11(16)14(7-13-10)12-5-8-3-1-2-4-9(8)17-12/h1-5,7H,6H2. The lowest BCUT2D eigenvalue weighted by Gasteiger charge is -2.16. The maximum Gasteiger partial charge on any atom is 0.256 e. The Labute approximate surface area is 96.3 Å². The Kier molecular flexibility index (Phi) is 2.04. The van der Waals surface area contributed by atoms with Crippen molar-refractivity contribution in [3.05, 3.63) is 30.3 Å². The van der Waals surface area contributed by atoms with E-state index in [-0.39, 0.29) is 12.3 Å². The number of nitrogens with zero attached hydrogens (tertiary/aromatic N) is 2. The highest BCUT2D eigenvalue weighted by Crippen LogP contribution is 2.26. The first-order valence-electron chi connectivity index (χ1n) is 5.12. The van der Waals surface area contributed by atoms with Gasteiger partial charge in [-0.15, -0.1) is 0 Å². The van der Waals surface area contributed by atoms with Crippen LogP contribution in [0.25, 0.3) is 11.0 Å². The van der Waals surface area contributed by atoms with Crippen LogP contribution < -0.4 is 4.90 Å². The number of furan rings is 1. The molecule has 1 aliphatic heterocycles. The van der Waals surface area contributed by atoms with Gasteiger partial charge in [0, 0.05) is 11.5 Å². The summed E-state index contributed by atoms with van der Waals surface area (Å²) in [7, 11) is 0. The zero-order valence-corrected chi connectivity index (χ0v) is 8.79. The molecule has 2 heterocycles. The molecule has 0 aliphatic carbocycles. The van der Waals surface area contributed by atoms with Gasteiger partial charge in [0.1, 0.15) is 18.3 Å². The van der Waals surface area contributed by atoms with Crippen LogP contribution in [0.4, 0.5) is 5.88 Å². The summed E-state index contributed by atoms with van der Waals surface area (Å²) in [5.41, 5.74) is 0.695. The Bertz CT molecular complexity index is 609. The number of para-hydroxylation sites is 1. The van der Waals surface area contributed by atoms with Crippen LogP contribution >= 0.6 is 0 Å². The largest absolute Gasteiger partial charge is 0.440 e. The Hall–Kier alpha value is -2.43. The average molecular weight is 228 g/mol. The molecule has 0 saturated heterocycles. The molecule has 1 aromatic carbocycles. The van der Waals surface area contributed by atoms with Gasteiger partial charge in [0.05, 0.1) is 0 Å². The monoisotopic (exact) mass is 228 g/mol. The lowest BCUT2D eigenvalue weighted by atomic mass is 10.2. The molecule has 0 atom stereocenters. The van der Waals surface area contributed by atoms with E-state index in [0.717, 1.165) is 5.39 Å². The van der Waals surface area contributed by atoms with E-state index in [9.17, 15) is 9.59 Å². The fourth-order valence-electron chi connectivity index (χ4n) is 1.71. The molecule has 0 bridgehead atoms. The van der Waals surface area contributed by atoms with Crippen LogP contribution in [0, 0.1) is 0 Å². The van der Waals surface area contributed by atoms with E-state index in [0.29, 0.717) is 11.5 Å². The summed E-state index contributed by atoms with van der Waals surface area (Å²) in [6.45, 7) is 0. The van der Waals surface area contributed by atoms with Gasteiger partial charge in [-0.3, -0.25) is 9.59 Å². The lowest BCUT2D eigenvalue weighted by molar-refractivity contribution is -0.126. The summed E-state index contributed by atoms with van der Waals surface area (Å²) in [5, 5.41) is 0.903. The van der Waals surface area contributed by atoms with Crippen molar-refractivity contribution >= 4 is 35.0 Å². The molecule has 2 amide bonds. The Morgan fingerprint density at radius 1 is 1.24 bits per heavy atom. The SMILES string of the molecule is O=C1CC(=O)N(c2cc3ccccc3o2)C=N1. The topological polar surface area (TPSA) is 62.9 Å². The first-order valence-corrected chi connectivity index (χ1v) is 5.12. The fraction of sp³-hybridized carbons (Fsp3) is 0.0833. The third-order valence-electron chi connectivity index (χ3n) is 2.54. The number of anilines is 1. The minimum absolute atomic E-state index is 0.215. The quantitative estimate of drug-likeness (QED) is 0.698. The minimum Gasteiger partial charge on any atom is -0.440 e. The van der Waals surface area contributed by atoms with E-state index >= 15 is 0 Å². The van der Waals surface area contributed by atoms with E-state index in [1.54, 1.807) is 6.07 Å². The summed E-state index contributed by atoms with van der Waals surface area (Å²) in [6, 6.07) is 9.19. The highest BCUT2D eigenvalue weighted by atomic mass is 16.4. The molecule has 0 radical (unpaired) electrons. The van der Waals surface area contributed by atoms with Crippen molar-refractivity contribution in [3.63, 3.8) is 0 Å². The van der Waals surface area contributed by atoms with E-state index in [1.165, 1.54) is 11.2 Å². The van der Waals surface area contributed by atoms with Crippen LogP contribution in [0.2, 0.25) is 0 Å². The highest BCUT2D eigenvalue weighted by molar-refractivity contribution is 6.19. The molecule has 0 N–H and O–H groups in total. The predicted octanol–water partition coefficient (Wildman–Crippen LogP) is 1.72. The molecule has 0 fully saturated rings. The van der Waals surface area contributed by atoms with Gasteiger partial charge < -0.3 is 4.42 Å². The number of rotatable bonds is 1. The molecule has 5 heteroatoms. The number of benzene rings is 1. The van der Waals surface area contributed by atoms with Gasteiger partial charge in [-0.1, -0.05) is 18.2 Å². The molecule has 5 nitrogen and oxygen atoms in total. The van der Waals surface area contributed by atoms with Gasteiger partial charge in [-0.2, -0.15) is 0 Å². The third-order valence-corrected chi connectivity index (χ3v) is 2.54. The second-order valence-electron chi connectivity index (χ2n) is 3.70. The van der Waals surface area contributed by atoms with Crippen molar-refractivity contribution in [2.75, 3.05) is 4.90 Å². The van der Waals surface area contributed by atoms with Crippen molar-refractivity contribution < 1.29 is 14.0 Å². The Morgan fingerprint density at radius 3 is 2.82 bits per heavy atom. The van der Waals surface area contributed by atoms with Crippen LogP contribution in [-0.4, -0.2) is 18.2 Å². The first-order chi connectivity index (χ1) is 8.24. The van der Waals surface area contributed by atoms with Gasteiger partial charge >= 0.3 is 0 Å². The van der Waals surface area contributed by atoms with Crippen LogP contribution in [0.5, 0.6) is 0 Å². The summed E-state index contributed by atoms with van der Waals surface area (Å²) >= 11 is 0. The predicted molar refractivity (Wildman–Crippen MR) is 61.8 cm³/mol. The van der Waals surface area contributed by atoms with Gasteiger partial charge in [0.25, 0.3) is 5.91 Å². The average Bonchev–Trinajstić information content (AvgIpc) is 2.72. The molecule has 1 aliphatic rings. The number of fused-ring (bicyclic) bond motifs is 1. The summed E-state index contributed by atoms with van der Waals surface area (Å²) < 4.78 is 5.52. The summed E-state index contributed by atoms with van der Waals surface area (Å²) in [5.74, 6) is -0.376. The normalized spacial score (nSPS) is 15.9. The van der Waals surface area contributed by atoms with Gasteiger partial charge in [-0.05, 0) is 6.07 Å². The lowest BCUT2D eigenvalue weighted by Crippen LogP contribution is -2.34. The van der Waals surface area contributed by atoms with Gasteiger partial charge in [0.2, 0.25) is 11.8 Å². The van der Waals surface area contributed by atoms with Gasteiger partial charge in [-0.25, -0.2) is 9.89 Å². The van der Waals surface area contributed by atoms with E-state index in [4.69, 9.17) is 4.42 Å². The van der Waals surface area contributed by atoms with E-state index in [2.05, 4.69) is 4.99 Å². The molecule has 84 valence electrons. The number of hydrogen-bond acceptors (Lipinski definition) is 3. The zero-order valence-electron chi connectivity index (χ0n) is 8.79. The molecular formula is C12H8N2O3. The number of carbonyl (C=O) groups is 2. The number of hydrogen-bond donors (Lipinski definition) is 0.